The fourth-order valence-corrected chi connectivity index (χ4v) is 3.76. The van der Waals surface area contributed by atoms with Crippen LogP contribution in [0.3, 0.4) is 0 Å². The third-order valence-electron chi connectivity index (χ3n) is 5.52. The number of guanidine groups is 1. The molecule has 0 aliphatic carbocycles. The Morgan fingerprint density at radius 1 is 1.09 bits per heavy atom. The summed E-state index contributed by atoms with van der Waals surface area (Å²) >= 11 is 0. The second kappa shape index (κ2) is 13.3. The lowest BCUT2D eigenvalue weighted by atomic mass is 10.0. The van der Waals surface area contributed by atoms with E-state index in [1.165, 1.54) is 6.07 Å². The lowest BCUT2D eigenvalue weighted by Gasteiger charge is -2.34. The number of nitrogens with one attached hydrogen (secondary N) is 2. The number of anilines is 1. The molecule has 2 aromatic rings. The molecule has 1 heterocycles. The first-order chi connectivity index (χ1) is 15.6. The molecule has 0 spiro atoms. The van der Waals surface area contributed by atoms with E-state index in [1.807, 2.05) is 31.2 Å². The van der Waals surface area contributed by atoms with Crippen LogP contribution in [0.2, 0.25) is 0 Å². The third-order valence-corrected chi connectivity index (χ3v) is 5.52. The normalized spacial score (nSPS) is 14.3. The van der Waals surface area contributed by atoms with Crippen LogP contribution in [0.1, 0.15) is 25.3 Å². The standard InChI is InChI=1S/C24H33FN4O3.HI/c1-5-32-23-7-6-17(12-22(23)25)16-27-24(26-2)28-18-8-10-29(11-9-18)19-13-20(30-3)15-21(14-19)31-4;/h6-7,12-15,18H,5,8-11,16H2,1-4H3,(H2,26,27,28);1H. The Labute approximate surface area is 212 Å². The van der Waals surface area contributed by atoms with E-state index in [9.17, 15) is 4.39 Å². The van der Waals surface area contributed by atoms with Gasteiger partial charge in [-0.05, 0) is 37.5 Å². The van der Waals surface area contributed by atoms with Crippen LogP contribution in [-0.2, 0) is 6.54 Å². The smallest absolute Gasteiger partial charge is 0.191 e. The Morgan fingerprint density at radius 2 is 1.76 bits per heavy atom. The van der Waals surface area contributed by atoms with Crippen LogP contribution < -0.4 is 29.7 Å². The fraction of sp³-hybridized carbons (Fsp3) is 0.458. The first kappa shape index (κ1) is 26.8. The number of benzene rings is 2. The third kappa shape index (κ3) is 7.55. The SMILES string of the molecule is CCOc1ccc(CNC(=NC)NC2CCN(c3cc(OC)cc(OC)c3)CC2)cc1F.I. The maximum Gasteiger partial charge on any atom is 0.191 e. The van der Waals surface area contributed by atoms with Gasteiger partial charge in [-0.3, -0.25) is 4.99 Å². The van der Waals surface area contributed by atoms with Gasteiger partial charge in [-0.2, -0.15) is 0 Å². The highest BCUT2D eigenvalue weighted by Crippen LogP contribution is 2.30. The topological polar surface area (TPSA) is 67.4 Å². The van der Waals surface area contributed by atoms with Gasteiger partial charge >= 0.3 is 0 Å². The molecule has 0 saturated carbocycles. The number of ether oxygens (including phenoxy) is 3. The van der Waals surface area contributed by atoms with Gasteiger partial charge in [0.1, 0.15) is 11.5 Å². The van der Waals surface area contributed by atoms with E-state index in [-0.39, 0.29) is 35.5 Å². The molecule has 7 nitrogen and oxygen atoms in total. The number of hydrogen-bond donors (Lipinski definition) is 2. The zero-order valence-electron chi connectivity index (χ0n) is 19.7. The van der Waals surface area contributed by atoms with Gasteiger partial charge in [-0.15, -0.1) is 24.0 Å². The number of methoxy groups -OCH3 is 2. The zero-order chi connectivity index (χ0) is 22.9. The average molecular weight is 572 g/mol. The predicted molar refractivity (Wildman–Crippen MR) is 141 cm³/mol. The van der Waals surface area contributed by atoms with E-state index in [4.69, 9.17) is 14.2 Å². The van der Waals surface area contributed by atoms with Crippen LogP contribution in [0.15, 0.2) is 41.4 Å². The summed E-state index contributed by atoms with van der Waals surface area (Å²) in [4.78, 5) is 6.65. The largest absolute Gasteiger partial charge is 0.497 e. The van der Waals surface area contributed by atoms with E-state index in [0.29, 0.717) is 25.2 Å². The summed E-state index contributed by atoms with van der Waals surface area (Å²) in [6, 6.07) is 11.3. The lowest BCUT2D eigenvalue weighted by molar-refractivity contribution is 0.321. The van der Waals surface area contributed by atoms with Gasteiger partial charge in [0.25, 0.3) is 0 Å². The van der Waals surface area contributed by atoms with E-state index in [2.05, 4.69) is 20.5 Å². The van der Waals surface area contributed by atoms with Gasteiger partial charge in [0, 0.05) is 56.6 Å². The highest BCUT2D eigenvalue weighted by molar-refractivity contribution is 14.0. The van der Waals surface area contributed by atoms with Crippen LogP contribution in [-0.4, -0.2) is 53.0 Å². The molecule has 1 saturated heterocycles. The lowest BCUT2D eigenvalue weighted by Crippen LogP contribution is -2.48. The quantitative estimate of drug-likeness (QED) is 0.281. The second-order valence-corrected chi connectivity index (χ2v) is 7.60. The summed E-state index contributed by atoms with van der Waals surface area (Å²) in [7, 11) is 5.07. The molecule has 2 N–H and O–H groups in total. The minimum atomic E-state index is -0.351. The maximum absolute atomic E-state index is 14.1. The monoisotopic (exact) mass is 572 g/mol. The summed E-state index contributed by atoms with van der Waals surface area (Å²) in [5.74, 6) is 2.21. The van der Waals surface area contributed by atoms with Crippen molar-refractivity contribution >= 4 is 35.6 Å². The molecule has 0 amide bonds. The molecule has 0 aromatic heterocycles. The van der Waals surface area contributed by atoms with Crippen molar-refractivity contribution in [3.05, 3.63) is 47.8 Å². The molecule has 182 valence electrons. The van der Waals surface area contributed by atoms with Gasteiger partial charge in [0.2, 0.25) is 0 Å². The van der Waals surface area contributed by atoms with Gasteiger partial charge in [0.15, 0.2) is 17.5 Å². The molecular weight excluding hydrogens is 538 g/mol. The van der Waals surface area contributed by atoms with Gasteiger partial charge < -0.3 is 29.7 Å². The summed E-state index contributed by atoms with van der Waals surface area (Å²) in [6.45, 7) is 4.58. The molecule has 33 heavy (non-hydrogen) atoms. The maximum atomic E-state index is 14.1. The second-order valence-electron chi connectivity index (χ2n) is 7.60. The Hall–Kier alpha value is -2.43. The van der Waals surface area contributed by atoms with E-state index < -0.39 is 0 Å². The van der Waals surface area contributed by atoms with Crippen molar-refractivity contribution in [2.24, 2.45) is 4.99 Å². The number of aliphatic imine (C=N–C) groups is 1. The van der Waals surface area contributed by atoms with Gasteiger partial charge in [-0.25, -0.2) is 4.39 Å². The molecule has 0 bridgehead atoms. The highest BCUT2D eigenvalue weighted by atomic mass is 127. The van der Waals surface area contributed by atoms with E-state index in [0.717, 1.165) is 48.7 Å². The molecule has 0 unspecified atom stereocenters. The van der Waals surface area contributed by atoms with Crippen molar-refractivity contribution in [2.75, 3.05) is 45.9 Å². The van der Waals surface area contributed by atoms with Crippen LogP contribution >= 0.6 is 24.0 Å². The zero-order valence-corrected chi connectivity index (χ0v) is 22.0. The molecule has 0 radical (unpaired) electrons. The van der Waals surface area contributed by atoms with Crippen molar-refractivity contribution in [1.82, 2.24) is 10.6 Å². The van der Waals surface area contributed by atoms with Crippen molar-refractivity contribution in [3.8, 4) is 17.2 Å². The summed E-state index contributed by atoms with van der Waals surface area (Å²) in [5.41, 5.74) is 1.93. The number of rotatable bonds is 8. The number of piperidine rings is 1. The first-order valence-corrected chi connectivity index (χ1v) is 10.9. The van der Waals surface area contributed by atoms with Crippen molar-refractivity contribution < 1.29 is 18.6 Å². The molecule has 1 aliphatic rings. The Bertz CT molecular complexity index is 898. The first-order valence-electron chi connectivity index (χ1n) is 10.9. The van der Waals surface area contributed by atoms with E-state index >= 15 is 0 Å². The van der Waals surface area contributed by atoms with E-state index in [1.54, 1.807) is 27.3 Å². The van der Waals surface area contributed by atoms with Gasteiger partial charge in [-0.1, -0.05) is 6.07 Å². The molecule has 3 rings (SSSR count). The van der Waals surface area contributed by atoms with Crippen LogP contribution in [0.25, 0.3) is 0 Å². The molecule has 9 heteroatoms. The van der Waals surface area contributed by atoms with Crippen LogP contribution in [0.4, 0.5) is 10.1 Å². The van der Waals surface area contributed by atoms with Crippen LogP contribution in [0.5, 0.6) is 17.2 Å². The average Bonchev–Trinajstić information content (AvgIpc) is 2.83. The molecular formula is C24H34FIN4O3. The number of hydrogen-bond acceptors (Lipinski definition) is 5. The molecule has 2 aromatic carbocycles. The van der Waals surface area contributed by atoms with Gasteiger partial charge in [0.05, 0.1) is 20.8 Å². The molecule has 1 aliphatic heterocycles. The van der Waals surface area contributed by atoms with Crippen LogP contribution in [0, 0.1) is 5.82 Å². The minimum absolute atomic E-state index is 0. The summed E-state index contributed by atoms with van der Waals surface area (Å²) in [5, 5.41) is 6.75. The number of halogens is 2. The fourth-order valence-electron chi connectivity index (χ4n) is 3.76. The Kier molecular flexibility index (Phi) is 10.8. The minimum Gasteiger partial charge on any atom is -0.497 e. The van der Waals surface area contributed by atoms with Crippen molar-refractivity contribution in [2.45, 2.75) is 32.4 Å². The summed E-state index contributed by atoms with van der Waals surface area (Å²) in [6.07, 6.45) is 1.94. The summed E-state index contributed by atoms with van der Waals surface area (Å²) < 4.78 is 30.1. The van der Waals surface area contributed by atoms with Crippen molar-refractivity contribution in [1.29, 1.82) is 0 Å². The highest BCUT2D eigenvalue weighted by Gasteiger charge is 2.21. The Balaban J connectivity index is 0.00000385. The van der Waals surface area contributed by atoms with Crippen molar-refractivity contribution in [3.63, 3.8) is 0 Å². The number of nitrogens with zero attached hydrogens (tertiary/aromatic N) is 2. The predicted octanol–water partition coefficient (Wildman–Crippen LogP) is 4.19. The molecule has 0 atom stereocenters. The Morgan fingerprint density at radius 3 is 2.30 bits per heavy atom. The molecule has 1 fully saturated rings.